The molecule has 0 saturated heterocycles. The number of hydrogen-bond donors (Lipinski definition) is 3. The number of hydrogen-bond acceptors (Lipinski definition) is 4. The summed E-state index contributed by atoms with van der Waals surface area (Å²) in [6, 6.07) is 14.4. The van der Waals surface area contributed by atoms with Gasteiger partial charge in [0.2, 0.25) is 5.91 Å². The highest BCUT2D eigenvalue weighted by atomic mass is 16.5. The first-order valence-corrected chi connectivity index (χ1v) is 9.97. The Balaban J connectivity index is 1.53. The molecule has 3 N–H and O–H groups in total. The first kappa shape index (κ1) is 21.9. The fraction of sp³-hybridized carbons (Fsp3) is 0.292. The highest BCUT2D eigenvalue weighted by Crippen LogP contribution is 2.44. The van der Waals surface area contributed by atoms with Crippen LogP contribution < -0.4 is 10.6 Å². The van der Waals surface area contributed by atoms with Crippen molar-refractivity contribution in [2.45, 2.75) is 37.8 Å². The second-order valence-electron chi connectivity index (χ2n) is 7.44. The van der Waals surface area contributed by atoms with Crippen molar-refractivity contribution in [3.8, 4) is 23.5 Å². The minimum absolute atomic E-state index is 0.0585. The lowest BCUT2D eigenvalue weighted by Gasteiger charge is -2.18. The second kappa shape index (κ2) is 9.81. The van der Waals surface area contributed by atoms with Gasteiger partial charge in [-0.05, 0) is 29.2 Å². The standard InChI is InChI=1S/C24H24N2O5/c1-3-8-21(23(28)29)26-22(27)13-15(2)25-24(30)31-14-20-18-11-6-4-9-16(18)17-10-5-7-12-19(17)20/h1,4-7,9-12,15,20-21H,8,13-14H2,2H3,(H,25,30)(H,26,27)(H,28,29). The zero-order valence-electron chi connectivity index (χ0n) is 17.1. The van der Waals surface area contributed by atoms with Crippen LogP contribution in [0.5, 0.6) is 0 Å². The number of carbonyl (C=O) groups is 3. The van der Waals surface area contributed by atoms with Crippen LogP contribution in [0.2, 0.25) is 0 Å². The molecule has 0 radical (unpaired) electrons. The van der Waals surface area contributed by atoms with E-state index in [0.717, 1.165) is 22.3 Å². The van der Waals surface area contributed by atoms with Crippen molar-refractivity contribution in [2.75, 3.05) is 6.61 Å². The zero-order valence-corrected chi connectivity index (χ0v) is 17.1. The summed E-state index contributed by atoms with van der Waals surface area (Å²) in [7, 11) is 0. The largest absolute Gasteiger partial charge is 0.480 e. The van der Waals surface area contributed by atoms with Gasteiger partial charge < -0.3 is 20.5 Å². The van der Waals surface area contributed by atoms with Crippen molar-refractivity contribution in [1.29, 1.82) is 0 Å². The lowest BCUT2D eigenvalue weighted by atomic mass is 9.98. The van der Waals surface area contributed by atoms with Gasteiger partial charge >= 0.3 is 12.1 Å². The predicted molar refractivity (Wildman–Crippen MR) is 115 cm³/mol. The third-order valence-corrected chi connectivity index (χ3v) is 5.15. The summed E-state index contributed by atoms with van der Waals surface area (Å²) >= 11 is 0. The van der Waals surface area contributed by atoms with Crippen LogP contribution in [0.1, 0.15) is 36.8 Å². The van der Waals surface area contributed by atoms with Gasteiger partial charge in [0.25, 0.3) is 0 Å². The number of aliphatic carboxylic acids is 1. The highest BCUT2D eigenvalue weighted by Gasteiger charge is 2.29. The van der Waals surface area contributed by atoms with Gasteiger partial charge in [-0.3, -0.25) is 4.79 Å². The number of carboxylic acid groups (broad SMARTS) is 1. The number of carboxylic acids is 1. The molecule has 160 valence electrons. The van der Waals surface area contributed by atoms with E-state index in [-0.39, 0.29) is 25.4 Å². The number of rotatable bonds is 8. The normalized spacial score (nSPS) is 13.8. The molecule has 2 aromatic carbocycles. The molecule has 0 aromatic heterocycles. The molecule has 0 aliphatic heterocycles. The third kappa shape index (κ3) is 5.23. The van der Waals surface area contributed by atoms with E-state index in [4.69, 9.17) is 16.3 Å². The molecular formula is C24H24N2O5. The van der Waals surface area contributed by atoms with E-state index < -0.39 is 30.1 Å². The van der Waals surface area contributed by atoms with Gasteiger partial charge in [-0.15, -0.1) is 12.3 Å². The Bertz CT molecular complexity index is 981. The SMILES string of the molecule is C#CCC(NC(=O)CC(C)NC(=O)OCC1c2ccccc2-c2ccccc21)C(=O)O. The molecule has 0 fully saturated rings. The Morgan fingerprint density at radius 2 is 1.65 bits per heavy atom. The number of fused-ring (bicyclic) bond motifs is 3. The van der Waals surface area contributed by atoms with E-state index in [0.29, 0.717) is 0 Å². The van der Waals surface area contributed by atoms with Crippen LogP contribution in [-0.2, 0) is 14.3 Å². The number of benzene rings is 2. The molecule has 0 bridgehead atoms. The Morgan fingerprint density at radius 1 is 1.06 bits per heavy atom. The van der Waals surface area contributed by atoms with Crippen LogP contribution in [0.4, 0.5) is 4.79 Å². The van der Waals surface area contributed by atoms with E-state index in [2.05, 4.69) is 28.7 Å². The molecule has 1 aliphatic rings. The lowest BCUT2D eigenvalue weighted by molar-refractivity contribution is -0.141. The third-order valence-electron chi connectivity index (χ3n) is 5.15. The van der Waals surface area contributed by atoms with Crippen molar-refractivity contribution in [3.05, 3.63) is 59.7 Å². The molecule has 0 saturated carbocycles. The van der Waals surface area contributed by atoms with Gasteiger partial charge in [-0.2, -0.15) is 0 Å². The summed E-state index contributed by atoms with van der Waals surface area (Å²) in [4.78, 5) is 35.4. The number of terminal acetylenes is 1. The molecule has 0 heterocycles. The van der Waals surface area contributed by atoms with E-state index in [1.54, 1.807) is 6.92 Å². The Hall–Kier alpha value is -3.79. The maximum Gasteiger partial charge on any atom is 0.407 e. The van der Waals surface area contributed by atoms with Crippen LogP contribution in [-0.4, -0.2) is 41.8 Å². The quantitative estimate of drug-likeness (QED) is 0.570. The maximum atomic E-state index is 12.3. The van der Waals surface area contributed by atoms with Crippen molar-refractivity contribution in [2.24, 2.45) is 0 Å². The lowest BCUT2D eigenvalue weighted by Crippen LogP contribution is -2.44. The second-order valence-corrected chi connectivity index (χ2v) is 7.44. The molecule has 2 unspecified atom stereocenters. The molecule has 0 spiro atoms. The monoisotopic (exact) mass is 420 g/mol. The first-order valence-electron chi connectivity index (χ1n) is 9.97. The van der Waals surface area contributed by atoms with E-state index >= 15 is 0 Å². The van der Waals surface area contributed by atoms with Crippen LogP contribution in [0.15, 0.2) is 48.5 Å². The van der Waals surface area contributed by atoms with Gasteiger partial charge in [0.05, 0.1) is 0 Å². The molecular weight excluding hydrogens is 396 g/mol. The van der Waals surface area contributed by atoms with Gasteiger partial charge in [0.1, 0.15) is 12.6 Å². The smallest absolute Gasteiger partial charge is 0.407 e. The first-order chi connectivity index (χ1) is 14.9. The van der Waals surface area contributed by atoms with Crippen molar-refractivity contribution in [1.82, 2.24) is 10.6 Å². The summed E-state index contributed by atoms with van der Waals surface area (Å²) in [5, 5.41) is 14.0. The summed E-state index contributed by atoms with van der Waals surface area (Å²) in [5.41, 5.74) is 4.49. The fourth-order valence-corrected chi connectivity index (χ4v) is 3.74. The predicted octanol–water partition coefficient (Wildman–Crippen LogP) is 2.90. The van der Waals surface area contributed by atoms with Crippen LogP contribution in [0.3, 0.4) is 0 Å². The number of amides is 2. The van der Waals surface area contributed by atoms with Crippen LogP contribution in [0, 0.1) is 12.3 Å². The highest BCUT2D eigenvalue weighted by molar-refractivity contribution is 5.84. The number of carbonyl (C=O) groups excluding carboxylic acids is 2. The minimum atomic E-state index is -1.21. The minimum Gasteiger partial charge on any atom is -0.480 e. The van der Waals surface area contributed by atoms with Crippen LogP contribution >= 0.6 is 0 Å². The maximum absolute atomic E-state index is 12.3. The molecule has 2 aromatic rings. The molecule has 31 heavy (non-hydrogen) atoms. The summed E-state index contributed by atoms with van der Waals surface area (Å²) in [5.74, 6) is 0.429. The Kier molecular flexibility index (Phi) is 6.93. The van der Waals surface area contributed by atoms with Gasteiger partial charge in [0.15, 0.2) is 0 Å². The number of nitrogens with one attached hydrogen (secondary N) is 2. The summed E-state index contributed by atoms with van der Waals surface area (Å²) in [6.45, 7) is 1.81. The number of alkyl carbamates (subject to hydrolysis) is 1. The Morgan fingerprint density at radius 3 is 2.19 bits per heavy atom. The van der Waals surface area contributed by atoms with E-state index in [1.165, 1.54) is 0 Å². The van der Waals surface area contributed by atoms with Crippen LogP contribution in [0.25, 0.3) is 11.1 Å². The zero-order chi connectivity index (χ0) is 22.4. The molecule has 2 atom stereocenters. The molecule has 3 rings (SSSR count). The molecule has 2 amide bonds. The average Bonchev–Trinajstić information content (AvgIpc) is 3.05. The summed E-state index contributed by atoms with van der Waals surface area (Å²) in [6.07, 6.45) is 4.26. The summed E-state index contributed by atoms with van der Waals surface area (Å²) < 4.78 is 5.45. The fourth-order valence-electron chi connectivity index (χ4n) is 3.74. The van der Waals surface area contributed by atoms with E-state index in [1.807, 2.05) is 36.4 Å². The molecule has 7 nitrogen and oxygen atoms in total. The van der Waals surface area contributed by atoms with Gasteiger partial charge in [0, 0.05) is 24.8 Å². The van der Waals surface area contributed by atoms with Crippen molar-refractivity contribution >= 4 is 18.0 Å². The van der Waals surface area contributed by atoms with Gasteiger partial charge in [-0.25, -0.2) is 9.59 Å². The van der Waals surface area contributed by atoms with Crippen molar-refractivity contribution < 1.29 is 24.2 Å². The molecule has 7 heteroatoms. The van der Waals surface area contributed by atoms with Crippen molar-refractivity contribution in [3.63, 3.8) is 0 Å². The average molecular weight is 420 g/mol. The van der Waals surface area contributed by atoms with Gasteiger partial charge in [-0.1, -0.05) is 48.5 Å². The Labute approximate surface area is 180 Å². The molecule has 1 aliphatic carbocycles. The number of ether oxygens (including phenoxy) is 1. The topological polar surface area (TPSA) is 105 Å². The van der Waals surface area contributed by atoms with E-state index in [9.17, 15) is 14.4 Å².